The van der Waals surface area contributed by atoms with E-state index in [4.69, 9.17) is 10.2 Å². The largest absolute Gasteiger partial charge is 0.448 e. The Morgan fingerprint density at radius 3 is 2.59 bits per heavy atom. The monoisotopic (exact) mass is 455 g/mol. The zero-order chi connectivity index (χ0) is 23.4. The second-order valence-electron chi connectivity index (χ2n) is 8.41. The maximum absolute atomic E-state index is 13.3. The van der Waals surface area contributed by atoms with Crippen molar-refractivity contribution in [1.29, 1.82) is 0 Å². The third kappa shape index (κ3) is 3.22. The van der Waals surface area contributed by atoms with Gasteiger partial charge in [-0.2, -0.15) is 0 Å². The number of aryl methyl sites for hydroxylation is 1. The van der Waals surface area contributed by atoms with E-state index in [0.29, 0.717) is 28.4 Å². The molecule has 5 aromatic rings. The van der Waals surface area contributed by atoms with Gasteiger partial charge in [0, 0.05) is 29.4 Å². The van der Waals surface area contributed by atoms with E-state index in [0.717, 1.165) is 24.0 Å². The number of nitrogens with zero attached hydrogens (tertiary/aromatic N) is 6. The lowest BCUT2D eigenvalue weighted by molar-refractivity contribution is 0.521. The van der Waals surface area contributed by atoms with Crippen molar-refractivity contribution in [3.8, 4) is 22.4 Å². The summed E-state index contributed by atoms with van der Waals surface area (Å²) in [6, 6.07) is 13.1. The quantitative estimate of drug-likeness (QED) is 0.432. The van der Waals surface area contributed by atoms with Crippen molar-refractivity contribution in [2.24, 2.45) is 0 Å². The second-order valence-corrected chi connectivity index (χ2v) is 8.41. The molecule has 2 N–H and O–H groups in total. The van der Waals surface area contributed by atoms with Crippen LogP contribution in [0.5, 0.6) is 0 Å². The Bertz CT molecular complexity index is 1660. The Morgan fingerprint density at radius 2 is 1.88 bits per heavy atom. The summed E-state index contributed by atoms with van der Waals surface area (Å²) in [5.41, 5.74) is 9.52. The minimum absolute atomic E-state index is 0.0289. The number of benzene rings is 1. The first-order valence-electron chi connectivity index (χ1n) is 11.0. The molecule has 0 radical (unpaired) electrons. The molecule has 1 aromatic carbocycles. The third-order valence-corrected chi connectivity index (χ3v) is 6.11. The fraction of sp³-hybridized carbons (Fsp3) is 0.208. The van der Waals surface area contributed by atoms with Crippen LogP contribution < -0.4 is 17.0 Å². The highest BCUT2D eigenvalue weighted by Gasteiger charge is 2.26. The summed E-state index contributed by atoms with van der Waals surface area (Å²) in [4.78, 5) is 34.5. The average molecular weight is 455 g/mol. The molecule has 0 amide bonds. The van der Waals surface area contributed by atoms with Crippen molar-refractivity contribution < 1.29 is 4.42 Å². The number of pyridine rings is 1. The number of aromatic nitrogens is 6. The van der Waals surface area contributed by atoms with Gasteiger partial charge < -0.3 is 14.7 Å². The Balaban J connectivity index is 1.65. The molecule has 0 unspecified atom stereocenters. The number of rotatable bonds is 5. The molecule has 10 nitrogen and oxygen atoms in total. The number of hydrogen-bond acceptors (Lipinski definition) is 7. The molecule has 10 heteroatoms. The number of fused-ring (bicyclic) bond motifs is 1. The summed E-state index contributed by atoms with van der Waals surface area (Å²) < 4.78 is 9.60. The Morgan fingerprint density at radius 1 is 1.09 bits per heavy atom. The molecule has 1 aliphatic carbocycles. The summed E-state index contributed by atoms with van der Waals surface area (Å²) in [5, 5.41) is 4.64. The van der Waals surface area contributed by atoms with Crippen molar-refractivity contribution in [2.75, 3.05) is 5.73 Å². The molecule has 1 saturated carbocycles. The Labute approximate surface area is 192 Å². The van der Waals surface area contributed by atoms with E-state index in [9.17, 15) is 9.59 Å². The van der Waals surface area contributed by atoms with Crippen molar-refractivity contribution in [3.05, 3.63) is 87.3 Å². The highest BCUT2D eigenvalue weighted by molar-refractivity contribution is 5.90. The van der Waals surface area contributed by atoms with Gasteiger partial charge in [-0.3, -0.25) is 4.79 Å². The predicted molar refractivity (Wildman–Crippen MR) is 125 cm³/mol. The third-order valence-electron chi connectivity index (χ3n) is 6.11. The Hall–Kier alpha value is -4.47. The number of hydrogen-bond donors (Lipinski definition) is 1. The maximum atomic E-state index is 13.3. The van der Waals surface area contributed by atoms with Crippen molar-refractivity contribution >= 4 is 11.6 Å². The van der Waals surface area contributed by atoms with Crippen LogP contribution in [0, 0.1) is 6.92 Å². The van der Waals surface area contributed by atoms with E-state index >= 15 is 0 Å². The van der Waals surface area contributed by atoms with Crippen LogP contribution in [0.2, 0.25) is 0 Å². The summed E-state index contributed by atoms with van der Waals surface area (Å²) >= 11 is 0. The van der Waals surface area contributed by atoms with E-state index in [-0.39, 0.29) is 24.1 Å². The van der Waals surface area contributed by atoms with Gasteiger partial charge in [0.05, 0.1) is 17.8 Å². The van der Waals surface area contributed by atoms with Gasteiger partial charge >= 0.3 is 5.69 Å². The fourth-order valence-electron chi connectivity index (χ4n) is 4.19. The van der Waals surface area contributed by atoms with Crippen molar-refractivity contribution in [1.82, 2.24) is 28.7 Å². The van der Waals surface area contributed by atoms with Gasteiger partial charge in [-0.05, 0) is 25.8 Å². The smallest absolute Gasteiger partial charge is 0.353 e. The van der Waals surface area contributed by atoms with Gasteiger partial charge in [0.2, 0.25) is 5.95 Å². The van der Waals surface area contributed by atoms with E-state index in [1.807, 2.05) is 36.5 Å². The lowest BCUT2D eigenvalue weighted by Gasteiger charge is -2.13. The van der Waals surface area contributed by atoms with Gasteiger partial charge in [-0.15, -0.1) is 5.10 Å². The molecule has 0 aliphatic heterocycles. The van der Waals surface area contributed by atoms with Gasteiger partial charge in [-0.1, -0.05) is 30.3 Å². The molecule has 0 saturated heterocycles. The molecule has 0 bridgehead atoms. The number of oxazole rings is 1. The summed E-state index contributed by atoms with van der Waals surface area (Å²) in [6.45, 7) is 1.91. The standard InChI is InChI=1S/C24H21N7O3/c1-14-18(26-13-34-14)12-30-24(33)31-22(28-30)20(16-7-10-19(32)29(11-16)17-8-9-17)21(27-23(31)25)15-5-3-2-4-6-15/h2-7,10-11,13,17H,8-9,12H2,1H3,(H2,25,27). The van der Waals surface area contributed by atoms with E-state index < -0.39 is 5.69 Å². The zero-order valence-electron chi connectivity index (χ0n) is 18.4. The minimum Gasteiger partial charge on any atom is -0.448 e. The van der Waals surface area contributed by atoms with Crippen molar-refractivity contribution in [3.63, 3.8) is 0 Å². The van der Waals surface area contributed by atoms with Crippen LogP contribution in [0.4, 0.5) is 5.95 Å². The van der Waals surface area contributed by atoms with Crippen LogP contribution >= 0.6 is 0 Å². The van der Waals surface area contributed by atoms with Crippen LogP contribution in [0.25, 0.3) is 28.0 Å². The molecule has 0 spiro atoms. The van der Waals surface area contributed by atoms with Crippen LogP contribution in [0.1, 0.15) is 30.3 Å². The van der Waals surface area contributed by atoms with Crippen LogP contribution in [-0.2, 0) is 6.54 Å². The summed E-state index contributed by atoms with van der Waals surface area (Å²) in [6.07, 6.45) is 5.09. The highest BCUT2D eigenvalue weighted by atomic mass is 16.3. The molecule has 34 heavy (non-hydrogen) atoms. The first-order chi connectivity index (χ1) is 16.5. The van der Waals surface area contributed by atoms with Crippen LogP contribution in [0.3, 0.4) is 0 Å². The average Bonchev–Trinajstić information content (AvgIpc) is 3.53. The van der Waals surface area contributed by atoms with Crippen LogP contribution in [-0.4, -0.2) is 28.7 Å². The SMILES string of the molecule is Cc1ocnc1Cn1nc2c(-c3ccc(=O)n(C4CC4)c3)c(-c3ccccc3)nc(N)n2c1=O. The molecule has 4 heterocycles. The normalized spacial score (nSPS) is 13.6. The minimum atomic E-state index is -0.432. The molecule has 1 aliphatic rings. The second kappa shape index (κ2) is 7.55. The fourth-order valence-corrected chi connectivity index (χ4v) is 4.19. The molecular weight excluding hydrogens is 434 g/mol. The molecule has 4 aromatic heterocycles. The summed E-state index contributed by atoms with van der Waals surface area (Å²) in [5.74, 6) is 0.637. The molecule has 0 atom stereocenters. The van der Waals surface area contributed by atoms with Gasteiger partial charge in [0.15, 0.2) is 12.0 Å². The number of anilines is 1. The maximum Gasteiger partial charge on any atom is 0.353 e. The lowest BCUT2D eigenvalue weighted by Crippen LogP contribution is -2.24. The topological polar surface area (TPSA) is 126 Å². The first kappa shape index (κ1) is 20.2. The van der Waals surface area contributed by atoms with E-state index in [1.54, 1.807) is 23.6 Å². The van der Waals surface area contributed by atoms with Gasteiger partial charge in [-0.25, -0.2) is 23.8 Å². The van der Waals surface area contributed by atoms with Gasteiger partial charge in [0.25, 0.3) is 5.56 Å². The van der Waals surface area contributed by atoms with E-state index in [2.05, 4.69) is 15.1 Å². The van der Waals surface area contributed by atoms with E-state index in [1.165, 1.54) is 15.5 Å². The first-order valence-corrected chi connectivity index (χ1v) is 11.0. The highest BCUT2D eigenvalue weighted by Crippen LogP contribution is 2.37. The number of nitrogen functional groups attached to an aromatic ring is 1. The lowest BCUT2D eigenvalue weighted by atomic mass is 10.0. The molecule has 6 rings (SSSR count). The Kier molecular flexibility index (Phi) is 4.47. The number of nitrogens with two attached hydrogens (primary N) is 1. The molecule has 170 valence electrons. The molecular formula is C24H21N7O3. The summed E-state index contributed by atoms with van der Waals surface area (Å²) in [7, 11) is 0. The van der Waals surface area contributed by atoms with Gasteiger partial charge in [0.1, 0.15) is 11.5 Å². The molecule has 1 fully saturated rings. The van der Waals surface area contributed by atoms with Crippen LogP contribution in [0.15, 0.2) is 69.1 Å². The zero-order valence-corrected chi connectivity index (χ0v) is 18.4. The van der Waals surface area contributed by atoms with Crippen molar-refractivity contribution in [2.45, 2.75) is 32.4 Å². The predicted octanol–water partition coefficient (Wildman–Crippen LogP) is 2.65.